The smallest absolute Gasteiger partial charge is 0.323 e. The van der Waals surface area contributed by atoms with Gasteiger partial charge < -0.3 is 15.4 Å². The number of rotatable bonds is 6. The summed E-state index contributed by atoms with van der Waals surface area (Å²) >= 11 is 3.28. The highest BCUT2D eigenvalue weighted by Crippen LogP contribution is 2.27. The summed E-state index contributed by atoms with van der Waals surface area (Å²) in [7, 11) is 0. The lowest BCUT2D eigenvalue weighted by Gasteiger charge is -2.11. The van der Waals surface area contributed by atoms with E-state index in [1.165, 1.54) is 6.07 Å². The molecule has 1 aromatic carbocycles. The van der Waals surface area contributed by atoms with Crippen molar-refractivity contribution in [3.8, 4) is 6.01 Å². The van der Waals surface area contributed by atoms with E-state index in [0.29, 0.717) is 23.6 Å². The number of halogens is 2. The molecule has 112 valence electrons. The fourth-order valence-electron chi connectivity index (χ4n) is 1.57. The molecule has 8 heteroatoms. The number of anilines is 3. The van der Waals surface area contributed by atoms with E-state index in [-0.39, 0.29) is 17.6 Å². The first kappa shape index (κ1) is 15.4. The van der Waals surface area contributed by atoms with Gasteiger partial charge in [-0.3, -0.25) is 0 Å². The molecule has 0 saturated heterocycles. The Labute approximate surface area is 130 Å². The zero-order valence-corrected chi connectivity index (χ0v) is 13.2. The van der Waals surface area contributed by atoms with E-state index in [2.05, 4.69) is 41.5 Å². The second-order valence-electron chi connectivity index (χ2n) is 3.95. The van der Waals surface area contributed by atoms with Crippen LogP contribution in [0.3, 0.4) is 0 Å². The molecule has 0 radical (unpaired) electrons. The summed E-state index contributed by atoms with van der Waals surface area (Å²) in [6, 6.07) is 4.86. The highest BCUT2D eigenvalue weighted by molar-refractivity contribution is 9.10. The van der Waals surface area contributed by atoms with Crippen molar-refractivity contribution in [2.45, 2.75) is 13.8 Å². The summed E-state index contributed by atoms with van der Waals surface area (Å²) in [6.07, 6.45) is 0. The highest BCUT2D eigenvalue weighted by atomic mass is 79.9. The molecule has 0 aliphatic rings. The molecule has 21 heavy (non-hydrogen) atoms. The third kappa shape index (κ3) is 4.01. The monoisotopic (exact) mass is 355 g/mol. The molecule has 0 aliphatic heterocycles. The van der Waals surface area contributed by atoms with E-state index < -0.39 is 5.82 Å². The molecule has 0 fully saturated rings. The minimum atomic E-state index is -0.409. The zero-order valence-electron chi connectivity index (χ0n) is 11.7. The van der Waals surface area contributed by atoms with Crippen molar-refractivity contribution in [1.82, 2.24) is 15.0 Å². The largest absolute Gasteiger partial charge is 0.464 e. The number of aromatic nitrogens is 3. The van der Waals surface area contributed by atoms with Gasteiger partial charge in [-0.25, -0.2) is 4.39 Å². The second-order valence-corrected chi connectivity index (χ2v) is 4.80. The standard InChI is InChI=1S/C13H15BrFN5O/c1-3-16-11-18-12(20-13(19-11)21-4-2)17-10-8(14)6-5-7-9(10)15/h5-7H,3-4H2,1-2H3,(H2,16,17,18,19,20). The van der Waals surface area contributed by atoms with Gasteiger partial charge in [0, 0.05) is 11.0 Å². The summed E-state index contributed by atoms with van der Waals surface area (Å²) in [6.45, 7) is 4.83. The van der Waals surface area contributed by atoms with Gasteiger partial charge in [-0.1, -0.05) is 6.07 Å². The fraction of sp³-hybridized carbons (Fsp3) is 0.308. The van der Waals surface area contributed by atoms with Crippen molar-refractivity contribution in [3.05, 3.63) is 28.5 Å². The molecule has 0 atom stereocenters. The predicted octanol–water partition coefficient (Wildman–Crippen LogP) is 3.35. The summed E-state index contributed by atoms with van der Waals surface area (Å²) in [5, 5.41) is 5.81. The Morgan fingerprint density at radius 2 is 1.95 bits per heavy atom. The molecule has 0 unspecified atom stereocenters. The highest BCUT2D eigenvalue weighted by Gasteiger charge is 2.11. The summed E-state index contributed by atoms with van der Waals surface area (Å²) in [5.41, 5.74) is 0.258. The first-order chi connectivity index (χ1) is 10.1. The van der Waals surface area contributed by atoms with Crippen LogP contribution in [0, 0.1) is 5.82 Å². The molecule has 1 heterocycles. The fourth-order valence-corrected chi connectivity index (χ4v) is 2.01. The van der Waals surface area contributed by atoms with Crippen LogP contribution in [0.25, 0.3) is 0 Å². The topological polar surface area (TPSA) is 72.0 Å². The van der Waals surface area contributed by atoms with E-state index in [9.17, 15) is 4.39 Å². The van der Waals surface area contributed by atoms with E-state index in [1.807, 2.05) is 13.8 Å². The van der Waals surface area contributed by atoms with E-state index >= 15 is 0 Å². The molecular formula is C13H15BrFN5O. The zero-order chi connectivity index (χ0) is 15.2. The molecule has 0 bridgehead atoms. The lowest BCUT2D eigenvalue weighted by Crippen LogP contribution is -2.09. The maximum absolute atomic E-state index is 13.8. The number of nitrogens with zero attached hydrogens (tertiary/aromatic N) is 3. The van der Waals surface area contributed by atoms with Gasteiger partial charge in [0.25, 0.3) is 0 Å². The number of para-hydroxylation sites is 1. The summed E-state index contributed by atoms with van der Waals surface area (Å²) in [5.74, 6) is 0.161. The van der Waals surface area contributed by atoms with Gasteiger partial charge in [0.1, 0.15) is 5.82 Å². The summed E-state index contributed by atoms with van der Waals surface area (Å²) < 4.78 is 19.7. The molecule has 6 nitrogen and oxygen atoms in total. The third-order valence-electron chi connectivity index (χ3n) is 2.42. The first-order valence-electron chi connectivity index (χ1n) is 6.47. The van der Waals surface area contributed by atoms with Crippen LogP contribution in [-0.4, -0.2) is 28.1 Å². The van der Waals surface area contributed by atoms with Gasteiger partial charge in [-0.15, -0.1) is 0 Å². The summed E-state index contributed by atoms with van der Waals surface area (Å²) in [4.78, 5) is 12.4. The molecule has 0 amide bonds. The molecule has 0 spiro atoms. The Morgan fingerprint density at radius 1 is 1.19 bits per heavy atom. The van der Waals surface area contributed by atoms with Crippen molar-refractivity contribution >= 4 is 33.5 Å². The van der Waals surface area contributed by atoms with Gasteiger partial charge in [-0.05, 0) is 41.9 Å². The van der Waals surface area contributed by atoms with Crippen LogP contribution < -0.4 is 15.4 Å². The first-order valence-corrected chi connectivity index (χ1v) is 7.27. The number of benzene rings is 1. The van der Waals surface area contributed by atoms with Crippen molar-refractivity contribution in [1.29, 1.82) is 0 Å². The Hall–Kier alpha value is -1.96. The minimum absolute atomic E-state index is 0.179. The molecule has 1 aromatic heterocycles. The molecule has 0 saturated carbocycles. The third-order valence-corrected chi connectivity index (χ3v) is 3.08. The minimum Gasteiger partial charge on any atom is -0.464 e. The Balaban J connectivity index is 2.34. The van der Waals surface area contributed by atoms with E-state index in [1.54, 1.807) is 12.1 Å². The predicted molar refractivity (Wildman–Crippen MR) is 82.5 cm³/mol. The number of hydrogen-bond donors (Lipinski definition) is 2. The van der Waals surface area contributed by atoms with E-state index in [0.717, 1.165) is 0 Å². The van der Waals surface area contributed by atoms with Crippen LogP contribution in [-0.2, 0) is 0 Å². The molecule has 2 rings (SSSR count). The normalized spacial score (nSPS) is 10.3. The van der Waals surface area contributed by atoms with Gasteiger partial charge in [0.15, 0.2) is 0 Å². The average Bonchev–Trinajstić information content (AvgIpc) is 2.44. The van der Waals surface area contributed by atoms with Gasteiger partial charge in [0.05, 0.1) is 12.3 Å². The maximum atomic E-state index is 13.8. The van der Waals surface area contributed by atoms with Crippen LogP contribution in [0.5, 0.6) is 6.01 Å². The van der Waals surface area contributed by atoms with Crippen LogP contribution in [0.2, 0.25) is 0 Å². The molecule has 2 N–H and O–H groups in total. The lowest BCUT2D eigenvalue weighted by molar-refractivity contribution is 0.312. The van der Waals surface area contributed by atoms with Crippen molar-refractivity contribution in [3.63, 3.8) is 0 Å². The number of ether oxygens (including phenoxy) is 1. The maximum Gasteiger partial charge on any atom is 0.323 e. The quantitative estimate of drug-likeness (QED) is 0.827. The Bertz CT molecular complexity index is 581. The molecule has 0 aliphatic carbocycles. The second kappa shape index (κ2) is 7.16. The van der Waals surface area contributed by atoms with Crippen molar-refractivity contribution < 1.29 is 9.13 Å². The number of nitrogens with one attached hydrogen (secondary N) is 2. The van der Waals surface area contributed by atoms with Crippen molar-refractivity contribution in [2.75, 3.05) is 23.8 Å². The van der Waals surface area contributed by atoms with Crippen LogP contribution in [0.4, 0.5) is 22.0 Å². The van der Waals surface area contributed by atoms with Crippen LogP contribution in [0.1, 0.15) is 13.8 Å². The van der Waals surface area contributed by atoms with Gasteiger partial charge >= 0.3 is 6.01 Å². The molecule has 2 aromatic rings. The van der Waals surface area contributed by atoms with Crippen LogP contribution in [0.15, 0.2) is 22.7 Å². The van der Waals surface area contributed by atoms with E-state index in [4.69, 9.17) is 4.74 Å². The average molecular weight is 356 g/mol. The Morgan fingerprint density at radius 3 is 2.62 bits per heavy atom. The molecular weight excluding hydrogens is 341 g/mol. The van der Waals surface area contributed by atoms with Gasteiger partial charge in [-0.2, -0.15) is 15.0 Å². The number of hydrogen-bond acceptors (Lipinski definition) is 6. The lowest BCUT2D eigenvalue weighted by atomic mass is 10.3. The van der Waals surface area contributed by atoms with Gasteiger partial charge in [0.2, 0.25) is 11.9 Å². The Kier molecular flexibility index (Phi) is 5.26. The van der Waals surface area contributed by atoms with Crippen molar-refractivity contribution in [2.24, 2.45) is 0 Å². The van der Waals surface area contributed by atoms with Crippen LogP contribution >= 0.6 is 15.9 Å². The SMILES string of the molecule is CCNc1nc(Nc2c(F)cccc2Br)nc(OCC)n1.